The maximum Gasteiger partial charge on any atom is 0.168 e. The Morgan fingerprint density at radius 2 is 2.16 bits per heavy atom. The van der Waals surface area contributed by atoms with Crippen LogP contribution >= 0.6 is 0 Å². The Morgan fingerprint density at radius 3 is 2.79 bits per heavy atom. The number of pyridine rings is 1. The second-order valence-corrected chi connectivity index (χ2v) is 5.48. The molecule has 19 heavy (non-hydrogen) atoms. The van der Waals surface area contributed by atoms with Crippen LogP contribution in [0.15, 0.2) is 34.5 Å². The highest BCUT2D eigenvalue weighted by molar-refractivity contribution is 6.14. The number of rotatable bonds is 2. The van der Waals surface area contributed by atoms with Gasteiger partial charge in [0, 0.05) is 19.1 Å². The summed E-state index contributed by atoms with van der Waals surface area (Å²) in [6.45, 7) is 3.91. The number of Topliss-reactive ketones (excluding diaryl/α,β-unsaturated/α-hetero) is 1. The minimum Gasteiger partial charge on any atom is -0.511 e. The first-order valence-corrected chi connectivity index (χ1v) is 6.09. The molecule has 0 bridgehead atoms. The van der Waals surface area contributed by atoms with Crippen molar-refractivity contribution in [1.29, 1.82) is 0 Å². The molecular formula is C14H17N3O2. The maximum absolute atomic E-state index is 12.0. The highest BCUT2D eigenvalue weighted by atomic mass is 16.3. The number of aliphatic hydroxyl groups is 1. The van der Waals surface area contributed by atoms with Crippen molar-refractivity contribution in [2.75, 3.05) is 5.73 Å². The number of aliphatic hydroxyl groups excluding tert-OH is 1. The summed E-state index contributed by atoms with van der Waals surface area (Å²) in [6.07, 6.45) is 2.25. The summed E-state index contributed by atoms with van der Waals surface area (Å²) in [6, 6.07) is 5.07. The second-order valence-electron chi connectivity index (χ2n) is 5.48. The van der Waals surface area contributed by atoms with Crippen molar-refractivity contribution >= 4 is 23.6 Å². The van der Waals surface area contributed by atoms with Gasteiger partial charge in [-0.2, -0.15) is 0 Å². The molecule has 5 nitrogen and oxygen atoms in total. The van der Waals surface area contributed by atoms with Crippen molar-refractivity contribution in [3.05, 3.63) is 29.5 Å². The number of aromatic nitrogens is 1. The highest BCUT2D eigenvalue weighted by Crippen LogP contribution is 2.35. The van der Waals surface area contributed by atoms with Crippen molar-refractivity contribution in [2.24, 2.45) is 10.4 Å². The summed E-state index contributed by atoms with van der Waals surface area (Å²) in [4.78, 5) is 20.0. The van der Waals surface area contributed by atoms with Gasteiger partial charge in [0.1, 0.15) is 11.6 Å². The number of nitrogens with two attached hydrogens (primary N) is 1. The topological polar surface area (TPSA) is 88.6 Å². The Morgan fingerprint density at radius 1 is 1.42 bits per heavy atom. The normalized spacial score (nSPS) is 19.2. The third kappa shape index (κ3) is 3.19. The van der Waals surface area contributed by atoms with Gasteiger partial charge in [-0.1, -0.05) is 19.9 Å². The fraction of sp³-hybridized carbons (Fsp3) is 0.357. The van der Waals surface area contributed by atoms with E-state index in [1.54, 1.807) is 18.2 Å². The predicted molar refractivity (Wildman–Crippen MR) is 74.5 cm³/mol. The highest BCUT2D eigenvalue weighted by Gasteiger charge is 2.32. The van der Waals surface area contributed by atoms with Gasteiger partial charge in [-0.3, -0.25) is 4.79 Å². The summed E-state index contributed by atoms with van der Waals surface area (Å²) >= 11 is 0. The molecule has 1 aliphatic rings. The van der Waals surface area contributed by atoms with Crippen molar-refractivity contribution < 1.29 is 9.90 Å². The molecule has 0 fully saturated rings. The van der Waals surface area contributed by atoms with Crippen LogP contribution in [0.1, 0.15) is 26.7 Å². The molecule has 2 rings (SSSR count). The lowest BCUT2D eigenvalue weighted by Gasteiger charge is -2.28. The molecule has 0 spiro atoms. The van der Waals surface area contributed by atoms with Gasteiger partial charge in [-0.15, -0.1) is 0 Å². The van der Waals surface area contributed by atoms with Crippen LogP contribution in [0.3, 0.4) is 0 Å². The van der Waals surface area contributed by atoms with Crippen LogP contribution in [-0.4, -0.2) is 22.1 Å². The summed E-state index contributed by atoms with van der Waals surface area (Å²) in [7, 11) is 0. The van der Waals surface area contributed by atoms with Gasteiger partial charge in [-0.25, -0.2) is 9.98 Å². The summed E-state index contributed by atoms with van der Waals surface area (Å²) in [5.41, 5.74) is 5.61. The lowest BCUT2D eigenvalue weighted by atomic mass is 9.77. The maximum atomic E-state index is 12.0. The molecule has 0 aliphatic heterocycles. The molecule has 1 aliphatic carbocycles. The molecule has 0 atom stereocenters. The molecule has 100 valence electrons. The zero-order chi connectivity index (χ0) is 14.0. The number of carbonyl (C=O) groups is 1. The Kier molecular flexibility index (Phi) is 3.38. The Labute approximate surface area is 111 Å². The minimum atomic E-state index is -0.200. The number of anilines is 1. The van der Waals surface area contributed by atoms with E-state index in [4.69, 9.17) is 5.73 Å². The number of carbonyl (C=O) groups excluding carboxylic acids is 1. The lowest BCUT2D eigenvalue weighted by molar-refractivity contribution is -0.117. The van der Waals surface area contributed by atoms with Gasteiger partial charge in [0.2, 0.25) is 0 Å². The van der Waals surface area contributed by atoms with Crippen LogP contribution in [0.25, 0.3) is 0 Å². The monoisotopic (exact) mass is 259 g/mol. The van der Waals surface area contributed by atoms with Crippen LogP contribution in [0.4, 0.5) is 11.6 Å². The summed E-state index contributed by atoms with van der Waals surface area (Å²) in [5, 5.41) is 9.93. The standard InChI is InChI=1S/C14H17N3O2/c1-14(2)6-10(18)9(11(19)7-14)8-16-13-5-3-4-12(15)17-13/h3-5,8,18H,6-7H2,1-2H3,(H2,15,17). The fourth-order valence-electron chi connectivity index (χ4n) is 2.09. The third-order valence-electron chi connectivity index (χ3n) is 2.98. The van der Waals surface area contributed by atoms with Crippen LogP contribution in [0, 0.1) is 5.41 Å². The van der Waals surface area contributed by atoms with Gasteiger partial charge >= 0.3 is 0 Å². The second kappa shape index (κ2) is 4.84. The van der Waals surface area contributed by atoms with Crippen LogP contribution in [-0.2, 0) is 4.79 Å². The van der Waals surface area contributed by atoms with Gasteiger partial charge in [0.25, 0.3) is 0 Å². The molecule has 3 N–H and O–H groups in total. The first kappa shape index (κ1) is 13.3. The quantitative estimate of drug-likeness (QED) is 0.799. The molecule has 0 radical (unpaired) electrons. The largest absolute Gasteiger partial charge is 0.511 e. The number of allylic oxidation sites excluding steroid dienone is 2. The first-order chi connectivity index (χ1) is 8.87. The van der Waals surface area contributed by atoms with E-state index in [-0.39, 0.29) is 22.5 Å². The van der Waals surface area contributed by atoms with Crippen molar-refractivity contribution in [1.82, 2.24) is 4.98 Å². The molecule has 5 heteroatoms. The first-order valence-electron chi connectivity index (χ1n) is 6.09. The van der Waals surface area contributed by atoms with E-state index >= 15 is 0 Å². The van der Waals surface area contributed by atoms with E-state index in [0.29, 0.717) is 24.5 Å². The molecule has 1 aromatic rings. The number of nitrogen functional groups attached to an aromatic ring is 1. The van der Waals surface area contributed by atoms with E-state index in [1.165, 1.54) is 6.21 Å². The van der Waals surface area contributed by atoms with E-state index < -0.39 is 0 Å². The molecule has 0 aromatic carbocycles. The SMILES string of the molecule is CC1(C)CC(=O)C(C=Nc2cccc(N)n2)=C(O)C1. The van der Waals surface area contributed by atoms with Gasteiger partial charge in [0.05, 0.1) is 5.57 Å². The molecule has 0 saturated carbocycles. The summed E-state index contributed by atoms with van der Waals surface area (Å²) in [5.74, 6) is 0.775. The van der Waals surface area contributed by atoms with E-state index in [9.17, 15) is 9.90 Å². The van der Waals surface area contributed by atoms with Crippen molar-refractivity contribution in [2.45, 2.75) is 26.7 Å². The number of ketones is 1. The zero-order valence-electron chi connectivity index (χ0n) is 11.1. The molecule has 0 unspecified atom stereocenters. The van der Waals surface area contributed by atoms with Crippen molar-refractivity contribution in [3.8, 4) is 0 Å². The number of aliphatic imine (C=N–C) groups is 1. The Balaban J connectivity index is 2.25. The van der Waals surface area contributed by atoms with E-state index in [0.717, 1.165) is 0 Å². The lowest BCUT2D eigenvalue weighted by Crippen LogP contribution is -2.26. The van der Waals surface area contributed by atoms with Crippen molar-refractivity contribution in [3.63, 3.8) is 0 Å². The van der Waals surface area contributed by atoms with Crippen LogP contribution < -0.4 is 5.73 Å². The third-order valence-corrected chi connectivity index (χ3v) is 2.98. The Bertz CT molecular complexity index is 574. The molecule has 0 saturated heterocycles. The average molecular weight is 259 g/mol. The molecule has 0 amide bonds. The number of hydrogen-bond donors (Lipinski definition) is 2. The van der Waals surface area contributed by atoms with Crippen LogP contribution in [0.2, 0.25) is 0 Å². The minimum absolute atomic E-state index is 0.0916. The van der Waals surface area contributed by atoms with Gasteiger partial charge in [-0.05, 0) is 17.5 Å². The zero-order valence-corrected chi connectivity index (χ0v) is 11.1. The van der Waals surface area contributed by atoms with E-state index in [2.05, 4.69) is 9.98 Å². The van der Waals surface area contributed by atoms with Gasteiger partial charge < -0.3 is 10.8 Å². The predicted octanol–water partition coefficient (Wildman–Crippen LogP) is 2.57. The van der Waals surface area contributed by atoms with E-state index in [1.807, 2.05) is 13.8 Å². The number of nitrogens with zero attached hydrogens (tertiary/aromatic N) is 2. The number of hydrogen-bond acceptors (Lipinski definition) is 5. The Hall–Kier alpha value is -2.17. The smallest absolute Gasteiger partial charge is 0.168 e. The average Bonchev–Trinajstić information content (AvgIpc) is 2.26. The summed E-state index contributed by atoms with van der Waals surface area (Å²) < 4.78 is 0. The van der Waals surface area contributed by atoms with Gasteiger partial charge in [0.15, 0.2) is 11.6 Å². The van der Waals surface area contributed by atoms with Crippen LogP contribution in [0.5, 0.6) is 0 Å². The fourth-order valence-corrected chi connectivity index (χ4v) is 2.09. The molecule has 1 heterocycles. The molecule has 1 aromatic heterocycles. The molecular weight excluding hydrogens is 242 g/mol.